The summed E-state index contributed by atoms with van der Waals surface area (Å²) in [5.74, 6) is -0.606. The Morgan fingerprint density at radius 2 is 1.53 bits per heavy atom. The minimum atomic E-state index is -4.96. The minimum absolute atomic E-state index is 0.309. The second-order valence-electron chi connectivity index (χ2n) is 6.69. The van der Waals surface area contributed by atoms with Crippen LogP contribution in [0.3, 0.4) is 0 Å². The lowest BCUT2D eigenvalue weighted by Crippen LogP contribution is -2.11. The molecule has 2 aromatic carbocycles. The Balaban J connectivity index is 1.92. The van der Waals surface area contributed by atoms with E-state index in [-0.39, 0.29) is 10.8 Å². The van der Waals surface area contributed by atoms with Crippen molar-refractivity contribution in [2.45, 2.75) is 22.4 Å². The lowest BCUT2D eigenvalue weighted by Gasteiger charge is -2.13. The molecule has 2 heterocycles. The standard InChI is InChI=1S/C19H8Cl3F6N5S/c20-8-2-1-3-9(6-8)34-17-30-14(19(26,27)28)12-15(29)33(32-16(12)31-17)13-10(21)4-7(5-11(13)22)18(23,24)25/h1-6H,29H2. The fourth-order valence-electron chi connectivity index (χ4n) is 2.98. The van der Waals surface area contributed by atoms with Gasteiger partial charge in [-0.3, -0.25) is 0 Å². The molecule has 0 aliphatic carbocycles. The van der Waals surface area contributed by atoms with E-state index < -0.39 is 50.5 Å². The summed E-state index contributed by atoms with van der Waals surface area (Å²) >= 11 is 18.7. The number of anilines is 1. The van der Waals surface area contributed by atoms with Crippen molar-refractivity contribution in [2.24, 2.45) is 0 Å². The van der Waals surface area contributed by atoms with Crippen LogP contribution in [-0.4, -0.2) is 19.7 Å². The second kappa shape index (κ2) is 8.67. The van der Waals surface area contributed by atoms with Gasteiger partial charge in [0.15, 0.2) is 16.5 Å². The lowest BCUT2D eigenvalue weighted by molar-refractivity contribution is -0.140. The monoisotopic (exact) mass is 557 g/mol. The number of alkyl halides is 6. The SMILES string of the molecule is Nc1c2c(C(F)(F)F)nc(Sc3cccc(Cl)c3)nc2nn1-c1c(Cl)cc(C(F)(F)F)cc1Cl. The maximum absolute atomic E-state index is 13.8. The van der Waals surface area contributed by atoms with E-state index in [1.807, 2.05) is 0 Å². The number of hydrogen-bond donors (Lipinski definition) is 1. The van der Waals surface area contributed by atoms with E-state index in [0.717, 1.165) is 11.8 Å². The van der Waals surface area contributed by atoms with E-state index in [1.165, 1.54) is 6.07 Å². The van der Waals surface area contributed by atoms with Crippen LogP contribution in [0.5, 0.6) is 0 Å². The highest BCUT2D eigenvalue weighted by atomic mass is 35.5. The Hall–Kier alpha value is -2.41. The van der Waals surface area contributed by atoms with Gasteiger partial charge in [-0.15, -0.1) is 5.10 Å². The Labute approximate surface area is 205 Å². The number of nitrogen functional groups attached to an aromatic ring is 1. The average molecular weight is 559 g/mol. The molecule has 4 aromatic rings. The van der Waals surface area contributed by atoms with Crippen LogP contribution in [-0.2, 0) is 12.4 Å². The molecule has 0 radical (unpaired) electrons. The number of rotatable bonds is 3. The highest BCUT2D eigenvalue weighted by Gasteiger charge is 2.39. The molecule has 0 aliphatic heterocycles. The van der Waals surface area contributed by atoms with Crippen LogP contribution < -0.4 is 5.73 Å². The second-order valence-corrected chi connectivity index (χ2v) is 8.99. The van der Waals surface area contributed by atoms with Gasteiger partial charge in [-0.05, 0) is 42.1 Å². The van der Waals surface area contributed by atoms with Gasteiger partial charge >= 0.3 is 12.4 Å². The largest absolute Gasteiger partial charge is 0.434 e. The van der Waals surface area contributed by atoms with Gasteiger partial charge in [-0.25, -0.2) is 14.6 Å². The quantitative estimate of drug-likeness (QED) is 0.208. The first-order chi connectivity index (χ1) is 15.8. The van der Waals surface area contributed by atoms with Crippen LogP contribution in [0, 0.1) is 0 Å². The zero-order valence-corrected chi connectivity index (χ0v) is 19.2. The topological polar surface area (TPSA) is 69.6 Å². The summed E-state index contributed by atoms with van der Waals surface area (Å²) in [7, 11) is 0. The maximum Gasteiger partial charge on any atom is 0.434 e. The van der Waals surface area contributed by atoms with Gasteiger partial charge in [-0.2, -0.15) is 26.3 Å². The summed E-state index contributed by atoms with van der Waals surface area (Å²) in [4.78, 5) is 8.08. The third-order valence-corrected chi connectivity index (χ3v) is 6.04. The van der Waals surface area contributed by atoms with Crippen molar-refractivity contribution in [3.05, 3.63) is 62.7 Å². The number of aromatic nitrogens is 4. The molecular formula is C19H8Cl3F6N5S. The summed E-state index contributed by atoms with van der Waals surface area (Å²) in [5, 5.41) is 2.26. The molecule has 15 heteroatoms. The van der Waals surface area contributed by atoms with Crippen molar-refractivity contribution in [1.29, 1.82) is 0 Å². The minimum Gasteiger partial charge on any atom is -0.383 e. The molecule has 0 aliphatic rings. The van der Waals surface area contributed by atoms with Gasteiger partial charge < -0.3 is 5.73 Å². The van der Waals surface area contributed by atoms with E-state index in [2.05, 4.69) is 15.1 Å². The summed E-state index contributed by atoms with van der Waals surface area (Å²) in [5.41, 5.74) is 2.56. The Kier molecular flexibility index (Phi) is 6.30. The third kappa shape index (κ3) is 4.72. The normalized spacial score (nSPS) is 12.5. The predicted octanol–water partition coefficient (Wildman–Crippen LogP) is 7.55. The summed E-state index contributed by atoms with van der Waals surface area (Å²) in [6, 6.07) is 7.39. The molecule has 0 saturated carbocycles. The van der Waals surface area contributed by atoms with E-state index in [1.54, 1.807) is 18.2 Å². The number of nitrogens with zero attached hydrogens (tertiary/aromatic N) is 4. The first-order valence-electron chi connectivity index (χ1n) is 8.89. The van der Waals surface area contributed by atoms with Crippen molar-refractivity contribution in [3.8, 4) is 5.69 Å². The van der Waals surface area contributed by atoms with Gasteiger partial charge in [0.05, 0.1) is 21.0 Å². The fraction of sp³-hybridized carbons (Fsp3) is 0.105. The van der Waals surface area contributed by atoms with Gasteiger partial charge in [0, 0.05) is 9.92 Å². The van der Waals surface area contributed by atoms with Crippen molar-refractivity contribution in [2.75, 3.05) is 5.73 Å². The molecule has 0 fully saturated rings. The van der Waals surface area contributed by atoms with E-state index in [0.29, 0.717) is 26.7 Å². The maximum atomic E-state index is 13.8. The van der Waals surface area contributed by atoms with Gasteiger partial charge in [-0.1, -0.05) is 40.9 Å². The number of benzene rings is 2. The Morgan fingerprint density at radius 3 is 2.09 bits per heavy atom. The summed E-state index contributed by atoms with van der Waals surface area (Å²) < 4.78 is 81.4. The molecule has 5 nitrogen and oxygen atoms in total. The summed E-state index contributed by atoms with van der Waals surface area (Å²) in [6.07, 6.45) is -9.71. The van der Waals surface area contributed by atoms with Crippen molar-refractivity contribution >= 4 is 63.4 Å². The van der Waals surface area contributed by atoms with Crippen molar-refractivity contribution < 1.29 is 26.3 Å². The van der Waals surface area contributed by atoms with E-state index >= 15 is 0 Å². The molecule has 178 valence electrons. The van der Waals surface area contributed by atoms with Crippen LogP contribution in [0.1, 0.15) is 11.3 Å². The Morgan fingerprint density at radius 1 is 0.882 bits per heavy atom. The lowest BCUT2D eigenvalue weighted by atomic mass is 10.2. The number of halogens is 9. The fourth-order valence-corrected chi connectivity index (χ4v) is 4.69. The molecule has 34 heavy (non-hydrogen) atoms. The molecular weight excluding hydrogens is 551 g/mol. The predicted molar refractivity (Wildman–Crippen MR) is 117 cm³/mol. The molecule has 0 atom stereocenters. The molecule has 0 saturated heterocycles. The molecule has 4 rings (SSSR count). The van der Waals surface area contributed by atoms with Gasteiger partial charge in [0.1, 0.15) is 11.5 Å². The molecule has 0 spiro atoms. The van der Waals surface area contributed by atoms with E-state index in [4.69, 9.17) is 40.5 Å². The number of hydrogen-bond acceptors (Lipinski definition) is 5. The highest BCUT2D eigenvalue weighted by molar-refractivity contribution is 7.99. The molecule has 0 bridgehead atoms. The first kappa shape index (κ1) is 24.7. The summed E-state index contributed by atoms with van der Waals surface area (Å²) in [6.45, 7) is 0. The van der Waals surface area contributed by atoms with Crippen molar-refractivity contribution in [1.82, 2.24) is 19.7 Å². The zero-order valence-electron chi connectivity index (χ0n) is 16.1. The molecule has 0 unspecified atom stereocenters. The molecule has 2 N–H and O–H groups in total. The smallest absolute Gasteiger partial charge is 0.383 e. The van der Waals surface area contributed by atoms with Crippen molar-refractivity contribution in [3.63, 3.8) is 0 Å². The number of fused-ring (bicyclic) bond motifs is 1. The van der Waals surface area contributed by atoms with Crippen LogP contribution in [0.4, 0.5) is 32.2 Å². The first-order valence-corrected chi connectivity index (χ1v) is 10.8. The zero-order chi connectivity index (χ0) is 25.0. The van der Waals surface area contributed by atoms with Crippen LogP contribution in [0.25, 0.3) is 16.7 Å². The van der Waals surface area contributed by atoms with Crippen LogP contribution in [0.2, 0.25) is 15.1 Å². The van der Waals surface area contributed by atoms with E-state index in [9.17, 15) is 26.3 Å². The van der Waals surface area contributed by atoms with Crippen LogP contribution in [0.15, 0.2) is 46.5 Å². The average Bonchev–Trinajstić information content (AvgIpc) is 3.01. The van der Waals surface area contributed by atoms with Gasteiger partial charge in [0.25, 0.3) is 0 Å². The highest BCUT2D eigenvalue weighted by Crippen LogP contribution is 2.42. The van der Waals surface area contributed by atoms with Crippen LogP contribution >= 0.6 is 46.6 Å². The molecule has 2 aromatic heterocycles. The van der Waals surface area contributed by atoms with Gasteiger partial charge in [0.2, 0.25) is 0 Å². The third-order valence-electron chi connectivity index (χ3n) is 4.38. The molecule has 0 amide bonds. The Bertz CT molecular complexity index is 1400. The number of nitrogens with two attached hydrogens (primary N) is 1.